The highest BCUT2D eigenvalue weighted by molar-refractivity contribution is 6.07. The van der Waals surface area contributed by atoms with Gasteiger partial charge in [0, 0.05) is 18.4 Å². The van der Waals surface area contributed by atoms with Crippen molar-refractivity contribution in [1.82, 2.24) is 5.32 Å². The van der Waals surface area contributed by atoms with Crippen LogP contribution in [0.3, 0.4) is 0 Å². The van der Waals surface area contributed by atoms with Gasteiger partial charge in [0.2, 0.25) is 11.8 Å². The summed E-state index contributed by atoms with van der Waals surface area (Å²) < 4.78 is 37.5. The highest BCUT2D eigenvalue weighted by atomic mass is 19.4. The SMILES string of the molecule is O=C(NC(CC(F)(F)F)C(=O)O)C1CC(=O)N(c2cccc3ccccc23)C1. The number of amides is 2. The van der Waals surface area contributed by atoms with E-state index in [-0.39, 0.29) is 18.9 Å². The molecule has 0 radical (unpaired) electrons. The van der Waals surface area contributed by atoms with Crippen molar-refractivity contribution in [3.63, 3.8) is 0 Å². The second-order valence-electron chi connectivity index (χ2n) is 6.62. The standard InChI is InChI=1S/C19H17F3N2O4/c20-19(21,22)9-14(18(27)28)23-17(26)12-8-16(25)24(10-12)15-7-3-5-11-4-1-2-6-13(11)15/h1-7,12,14H,8-10H2,(H,23,26)(H,27,28). The molecule has 1 fully saturated rings. The third-order valence-corrected chi connectivity index (χ3v) is 4.60. The van der Waals surface area contributed by atoms with E-state index in [9.17, 15) is 27.6 Å². The molecule has 3 rings (SSSR count). The molecule has 0 bridgehead atoms. The highest BCUT2D eigenvalue weighted by Crippen LogP contribution is 2.32. The molecule has 0 saturated carbocycles. The molecular weight excluding hydrogens is 377 g/mol. The first-order valence-electron chi connectivity index (χ1n) is 8.54. The smallest absolute Gasteiger partial charge is 0.391 e. The van der Waals surface area contributed by atoms with E-state index in [1.807, 2.05) is 35.6 Å². The number of fused-ring (bicyclic) bond motifs is 1. The van der Waals surface area contributed by atoms with E-state index in [0.717, 1.165) is 10.8 Å². The second kappa shape index (κ2) is 7.49. The first-order valence-corrected chi connectivity index (χ1v) is 8.54. The molecule has 148 valence electrons. The Balaban J connectivity index is 1.76. The van der Waals surface area contributed by atoms with Gasteiger partial charge in [-0.3, -0.25) is 9.59 Å². The fourth-order valence-corrected chi connectivity index (χ4v) is 3.28. The van der Waals surface area contributed by atoms with Crippen molar-refractivity contribution in [3.05, 3.63) is 42.5 Å². The van der Waals surface area contributed by atoms with Crippen LogP contribution in [-0.2, 0) is 14.4 Å². The van der Waals surface area contributed by atoms with Crippen LogP contribution in [0.15, 0.2) is 42.5 Å². The molecule has 2 N–H and O–H groups in total. The number of aliphatic carboxylic acids is 1. The number of anilines is 1. The van der Waals surface area contributed by atoms with Gasteiger partial charge in [0.15, 0.2) is 0 Å². The Morgan fingerprint density at radius 2 is 1.86 bits per heavy atom. The molecule has 2 aromatic carbocycles. The summed E-state index contributed by atoms with van der Waals surface area (Å²) in [7, 11) is 0. The number of alkyl halides is 3. The summed E-state index contributed by atoms with van der Waals surface area (Å²) in [4.78, 5) is 37.2. The lowest BCUT2D eigenvalue weighted by Crippen LogP contribution is -2.46. The van der Waals surface area contributed by atoms with Gasteiger partial charge in [0.25, 0.3) is 0 Å². The van der Waals surface area contributed by atoms with E-state index < -0.39 is 36.4 Å². The average molecular weight is 394 g/mol. The lowest BCUT2D eigenvalue weighted by atomic mass is 10.1. The third kappa shape index (κ3) is 4.24. The van der Waals surface area contributed by atoms with E-state index in [0.29, 0.717) is 5.69 Å². The number of rotatable bonds is 5. The Bertz CT molecular complexity index is 924. The van der Waals surface area contributed by atoms with E-state index >= 15 is 0 Å². The minimum Gasteiger partial charge on any atom is -0.480 e. The summed E-state index contributed by atoms with van der Waals surface area (Å²) >= 11 is 0. The van der Waals surface area contributed by atoms with Crippen LogP contribution in [0, 0.1) is 5.92 Å². The number of carboxylic acid groups (broad SMARTS) is 1. The third-order valence-electron chi connectivity index (χ3n) is 4.60. The molecule has 6 nitrogen and oxygen atoms in total. The Morgan fingerprint density at radius 3 is 2.54 bits per heavy atom. The van der Waals surface area contributed by atoms with Crippen molar-refractivity contribution >= 4 is 34.2 Å². The molecule has 2 unspecified atom stereocenters. The molecule has 0 aromatic heterocycles. The molecule has 0 aliphatic carbocycles. The van der Waals surface area contributed by atoms with Gasteiger partial charge in [-0.2, -0.15) is 13.2 Å². The van der Waals surface area contributed by atoms with Gasteiger partial charge in [-0.25, -0.2) is 4.79 Å². The predicted molar refractivity (Wildman–Crippen MR) is 94.6 cm³/mol. The van der Waals surface area contributed by atoms with Crippen molar-refractivity contribution in [1.29, 1.82) is 0 Å². The van der Waals surface area contributed by atoms with Crippen molar-refractivity contribution in [2.45, 2.75) is 25.1 Å². The maximum absolute atomic E-state index is 12.5. The van der Waals surface area contributed by atoms with Crippen molar-refractivity contribution < 1.29 is 32.7 Å². The van der Waals surface area contributed by atoms with Crippen LogP contribution in [0.1, 0.15) is 12.8 Å². The van der Waals surface area contributed by atoms with Crippen LogP contribution >= 0.6 is 0 Å². The first-order chi connectivity index (χ1) is 13.2. The Hall–Kier alpha value is -3.10. The number of halogens is 3. The fraction of sp³-hybridized carbons (Fsp3) is 0.316. The maximum atomic E-state index is 12.5. The molecule has 2 amide bonds. The van der Waals surface area contributed by atoms with E-state index in [4.69, 9.17) is 5.11 Å². The quantitative estimate of drug-likeness (QED) is 0.817. The Labute approximate surface area is 157 Å². The largest absolute Gasteiger partial charge is 0.480 e. The molecule has 1 aliphatic heterocycles. The number of benzene rings is 2. The molecule has 2 aromatic rings. The zero-order valence-electron chi connectivity index (χ0n) is 14.6. The molecular formula is C19H17F3N2O4. The average Bonchev–Trinajstić information content (AvgIpc) is 3.01. The van der Waals surface area contributed by atoms with Crippen LogP contribution in [0.2, 0.25) is 0 Å². The van der Waals surface area contributed by atoms with Crippen molar-refractivity contribution in [2.75, 3.05) is 11.4 Å². The van der Waals surface area contributed by atoms with E-state index in [2.05, 4.69) is 0 Å². The summed E-state index contributed by atoms with van der Waals surface area (Å²) in [6, 6.07) is 10.6. The summed E-state index contributed by atoms with van der Waals surface area (Å²) in [5, 5.41) is 12.5. The molecule has 1 aliphatic rings. The van der Waals surface area contributed by atoms with Gasteiger partial charge in [-0.05, 0) is 11.5 Å². The Morgan fingerprint density at radius 1 is 1.18 bits per heavy atom. The normalized spacial score (nSPS) is 18.3. The van der Waals surface area contributed by atoms with Crippen LogP contribution in [0.5, 0.6) is 0 Å². The number of hydrogen-bond acceptors (Lipinski definition) is 3. The van der Waals surface area contributed by atoms with E-state index in [1.54, 1.807) is 12.1 Å². The van der Waals surface area contributed by atoms with Crippen LogP contribution in [-0.4, -0.2) is 41.7 Å². The molecule has 1 saturated heterocycles. The van der Waals surface area contributed by atoms with Gasteiger partial charge in [0.05, 0.1) is 18.0 Å². The summed E-state index contributed by atoms with van der Waals surface area (Å²) in [5.74, 6) is -3.94. The number of carbonyl (C=O) groups is 3. The highest BCUT2D eigenvalue weighted by Gasteiger charge is 2.40. The molecule has 28 heavy (non-hydrogen) atoms. The molecule has 0 spiro atoms. The number of carbonyl (C=O) groups excluding carboxylic acids is 2. The number of carboxylic acids is 1. The van der Waals surface area contributed by atoms with Crippen molar-refractivity contribution in [2.24, 2.45) is 5.92 Å². The molecule has 9 heteroatoms. The first kappa shape index (κ1) is 19.7. The van der Waals surface area contributed by atoms with Gasteiger partial charge in [-0.1, -0.05) is 36.4 Å². The van der Waals surface area contributed by atoms with Crippen LogP contribution in [0.4, 0.5) is 18.9 Å². The van der Waals surface area contributed by atoms with Crippen molar-refractivity contribution in [3.8, 4) is 0 Å². The Kier molecular flexibility index (Phi) is 5.26. The number of nitrogens with zero attached hydrogens (tertiary/aromatic N) is 1. The predicted octanol–water partition coefficient (Wildman–Crippen LogP) is 2.71. The summed E-state index contributed by atoms with van der Waals surface area (Å²) in [6.45, 7) is -0.0307. The van der Waals surface area contributed by atoms with Crippen LogP contribution in [0.25, 0.3) is 10.8 Å². The topological polar surface area (TPSA) is 86.7 Å². The number of nitrogens with one attached hydrogen (secondary N) is 1. The lowest BCUT2D eigenvalue weighted by Gasteiger charge is -2.20. The summed E-state index contributed by atoms with van der Waals surface area (Å²) in [5.41, 5.74) is 0.600. The van der Waals surface area contributed by atoms with Crippen LogP contribution < -0.4 is 10.2 Å². The van der Waals surface area contributed by atoms with Gasteiger partial charge < -0.3 is 15.3 Å². The molecule has 1 heterocycles. The number of hydrogen-bond donors (Lipinski definition) is 2. The second-order valence-corrected chi connectivity index (χ2v) is 6.62. The fourth-order valence-electron chi connectivity index (χ4n) is 3.28. The minimum atomic E-state index is -4.74. The van der Waals surface area contributed by atoms with Gasteiger partial charge in [-0.15, -0.1) is 0 Å². The lowest BCUT2D eigenvalue weighted by molar-refractivity contribution is -0.160. The van der Waals surface area contributed by atoms with E-state index in [1.165, 1.54) is 4.90 Å². The zero-order valence-corrected chi connectivity index (χ0v) is 14.6. The zero-order chi connectivity index (χ0) is 20.5. The molecule has 2 atom stereocenters. The van der Waals surface area contributed by atoms with Gasteiger partial charge >= 0.3 is 12.1 Å². The monoisotopic (exact) mass is 394 g/mol. The minimum absolute atomic E-state index is 0.0307. The van der Waals surface area contributed by atoms with Gasteiger partial charge in [0.1, 0.15) is 6.04 Å². The summed E-state index contributed by atoms with van der Waals surface area (Å²) in [6.07, 6.45) is -6.62. The maximum Gasteiger partial charge on any atom is 0.391 e.